The third kappa shape index (κ3) is 8.91. The van der Waals surface area contributed by atoms with E-state index in [1.54, 1.807) is 4.90 Å². The van der Waals surface area contributed by atoms with E-state index in [1.807, 2.05) is 68.4 Å². The normalized spacial score (nSPS) is 13.1. The van der Waals surface area contributed by atoms with Crippen LogP contribution in [0.4, 0.5) is 4.79 Å². The third-order valence-corrected chi connectivity index (χ3v) is 7.86. The zero-order chi connectivity index (χ0) is 30.6. The van der Waals surface area contributed by atoms with Crippen molar-refractivity contribution in [2.75, 3.05) is 32.9 Å². The molecule has 3 aromatic rings. The Morgan fingerprint density at radius 1 is 0.814 bits per heavy atom. The number of hydrogen-bond donors (Lipinski definition) is 1. The Kier molecular flexibility index (Phi) is 12.2. The van der Waals surface area contributed by atoms with Gasteiger partial charge in [-0.05, 0) is 66.8 Å². The molecule has 7 heteroatoms. The number of nitrogens with zero attached hydrogens (tertiary/aromatic N) is 1. The quantitative estimate of drug-likeness (QED) is 0.187. The smallest absolute Gasteiger partial charge is 0.407 e. The summed E-state index contributed by atoms with van der Waals surface area (Å²) in [5.74, 6) is 0.192. The van der Waals surface area contributed by atoms with Crippen molar-refractivity contribution in [2.24, 2.45) is 5.92 Å². The fraction of sp³-hybridized carbons (Fsp3) is 0.444. The Morgan fingerprint density at radius 2 is 1.40 bits per heavy atom. The molecule has 4 rings (SSSR count). The standard InChI is InChI=1S/C36H46N2O5/c1-5-41-34(42-6-2)24-38(23-22-26(3)4)35(39)33(21-20-27-14-8-7-9-15-27)37-36(40)43-25-32-30-18-12-10-16-28(30)29-17-11-13-19-31(29)32/h7-19,26,32-34H,5-6,20-25H2,1-4H3,(H,37,40)/t33-/m0/s1. The molecule has 0 unspecified atom stereocenters. The van der Waals surface area contributed by atoms with Gasteiger partial charge in [0.05, 0.1) is 6.54 Å². The first kappa shape index (κ1) is 32.2. The zero-order valence-corrected chi connectivity index (χ0v) is 26.0. The largest absolute Gasteiger partial charge is 0.449 e. The average molecular weight is 587 g/mol. The summed E-state index contributed by atoms with van der Waals surface area (Å²) < 4.78 is 17.4. The summed E-state index contributed by atoms with van der Waals surface area (Å²) in [4.78, 5) is 29.2. The maximum atomic E-state index is 14.1. The highest BCUT2D eigenvalue weighted by molar-refractivity contribution is 5.86. The Labute approximate surface area is 256 Å². The molecule has 0 radical (unpaired) electrons. The molecule has 0 fully saturated rings. The summed E-state index contributed by atoms with van der Waals surface area (Å²) in [6.07, 6.45) is 0.782. The maximum absolute atomic E-state index is 14.1. The van der Waals surface area contributed by atoms with Crippen molar-refractivity contribution in [3.63, 3.8) is 0 Å². The minimum Gasteiger partial charge on any atom is -0.449 e. The second kappa shape index (κ2) is 16.2. The van der Waals surface area contributed by atoms with Crippen molar-refractivity contribution in [3.8, 4) is 11.1 Å². The molecule has 230 valence electrons. The molecule has 43 heavy (non-hydrogen) atoms. The number of carbonyl (C=O) groups is 2. The van der Waals surface area contributed by atoms with Crippen LogP contribution in [0.5, 0.6) is 0 Å². The molecule has 0 saturated carbocycles. The van der Waals surface area contributed by atoms with Gasteiger partial charge in [-0.25, -0.2) is 4.79 Å². The molecule has 0 aromatic heterocycles. The number of nitrogens with one attached hydrogen (secondary N) is 1. The fourth-order valence-electron chi connectivity index (χ4n) is 5.63. The summed E-state index contributed by atoms with van der Waals surface area (Å²) >= 11 is 0. The van der Waals surface area contributed by atoms with Gasteiger partial charge in [0, 0.05) is 25.7 Å². The molecule has 1 N–H and O–H groups in total. The highest BCUT2D eigenvalue weighted by Gasteiger charge is 2.31. The van der Waals surface area contributed by atoms with E-state index in [-0.39, 0.29) is 18.4 Å². The van der Waals surface area contributed by atoms with Crippen molar-refractivity contribution < 1.29 is 23.8 Å². The van der Waals surface area contributed by atoms with Crippen molar-refractivity contribution in [1.29, 1.82) is 0 Å². The molecule has 2 amide bonds. The van der Waals surface area contributed by atoms with E-state index in [2.05, 4.69) is 43.4 Å². The summed E-state index contributed by atoms with van der Waals surface area (Å²) in [6.45, 7) is 10.1. The highest BCUT2D eigenvalue weighted by atomic mass is 16.7. The van der Waals surface area contributed by atoms with Gasteiger partial charge in [-0.1, -0.05) is 92.7 Å². The van der Waals surface area contributed by atoms with E-state index in [0.29, 0.717) is 45.1 Å². The Morgan fingerprint density at radius 3 is 1.98 bits per heavy atom. The van der Waals surface area contributed by atoms with Crippen LogP contribution in [0.2, 0.25) is 0 Å². The van der Waals surface area contributed by atoms with Gasteiger partial charge in [-0.3, -0.25) is 4.79 Å². The van der Waals surface area contributed by atoms with Crippen LogP contribution in [-0.2, 0) is 25.4 Å². The number of hydrogen-bond acceptors (Lipinski definition) is 5. The van der Waals surface area contributed by atoms with Crippen molar-refractivity contribution in [3.05, 3.63) is 95.6 Å². The molecule has 0 heterocycles. The molecular formula is C36H46N2O5. The van der Waals surface area contributed by atoms with E-state index in [1.165, 1.54) is 11.1 Å². The first-order chi connectivity index (χ1) is 20.9. The maximum Gasteiger partial charge on any atom is 0.407 e. The molecule has 0 aliphatic heterocycles. The highest BCUT2D eigenvalue weighted by Crippen LogP contribution is 2.44. The Balaban J connectivity index is 1.49. The zero-order valence-electron chi connectivity index (χ0n) is 26.0. The van der Waals surface area contributed by atoms with Crippen molar-refractivity contribution >= 4 is 12.0 Å². The van der Waals surface area contributed by atoms with Gasteiger partial charge in [0.1, 0.15) is 12.6 Å². The predicted molar refractivity (Wildman–Crippen MR) is 170 cm³/mol. The molecule has 7 nitrogen and oxygen atoms in total. The van der Waals surface area contributed by atoms with Gasteiger partial charge < -0.3 is 24.4 Å². The van der Waals surface area contributed by atoms with Crippen LogP contribution >= 0.6 is 0 Å². The number of fused-ring (bicyclic) bond motifs is 3. The minimum absolute atomic E-state index is 0.0581. The van der Waals surface area contributed by atoms with Crippen molar-refractivity contribution in [2.45, 2.75) is 65.2 Å². The molecule has 3 aromatic carbocycles. The number of carbonyl (C=O) groups excluding carboxylic acids is 2. The molecule has 1 aliphatic rings. The second-order valence-electron chi connectivity index (χ2n) is 11.4. The lowest BCUT2D eigenvalue weighted by Crippen LogP contribution is -2.51. The first-order valence-electron chi connectivity index (χ1n) is 15.6. The summed E-state index contributed by atoms with van der Waals surface area (Å²) in [6, 6.07) is 25.7. The number of benzene rings is 3. The van der Waals surface area contributed by atoms with E-state index in [4.69, 9.17) is 14.2 Å². The van der Waals surface area contributed by atoms with Crippen LogP contribution in [-0.4, -0.2) is 62.1 Å². The van der Waals surface area contributed by atoms with E-state index < -0.39 is 18.4 Å². The van der Waals surface area contributed by atoms with E-state index >= 15 is 0 Å². The third-order valence-electron chi connectivity index (χ3n) is 7.86. The Hall–Kier alpha value is -3.68. The number of alkyl carbamates (subject to hydrolysis) is 1. The molecular weight excluding hydrogens is 540 g/mol. The predicted octanol–water partition coefficient (Wildman–Crippen LogP) is 6.80. The fourth-order valence-corrected chi connectivity index (χ4v) is 5.63. The van der Waals surface area contributed by atoms with Crippen LogP contribution in [0.15, 0.2) is 78.9 Å². The topological polar surface area (TPSA) is 77.1 Å². The summed E-state index contributed by atoms with van der Waals surface area (Å²) in [5, 5.41) is 2.93. The van der Waals surface area contributed by atoms with Gasteiger partial charge in [-0.15, -0.1) is 0 Å². The molecule has 0 bridgehead atoms. The first-order valence-corrected chi connectivity index (χ1v) is 15.6. The van der Waals surface area contributed by atoms with E-state index in [9.17, 15) is 9.59 Å². The SMILES string of the molecule is CCOC(CN(CCC(C)C)C(=O)[C@H](CCc1ccccc1)NC(=O)OCC1c2ccccc2-c2ccccc21)OCC. The van der Waals surface area contributed by atoms with Gasteiger partial charge in [0.25, 0.3) is 0 Å². The van der Waals surface area contributed by atoms with Crippen LogP contribution in [0, 0.1) is 5.92 Å². The van der Waals surface area contributed by atoms with E-state index in [0.717, 1.165) is 23.1 Å². The lowest BCUT2D eigenvalue weighted by Gasteiger charge is -2.31. The number of rotatable bonds is 16. The molecule has 0 saturated heterocycles. The monoisotopic (exact) mass is 586 g/mol. The Bertz CT molecular complexity index is 1260. The van der Waals surface area contributed by atoms with Crippen LogP contribution in [0.25, 0.3) is 11.1 Å². The van der Waals surface area contributed by atoms with Crippen LogP contribution < -0.4 is 5.32 Å². The van der Waals surface area contributed by atoms with Crippen LogP contribution in [0.1, 0.15) is 63.1 Å². The number of amides is 2. The number of aryl methyl sites for hydroxylation is 1. The van der Waals surface area contributed by atoms with Crippen LogP contribution in [0.3, 0.4) is 0 Å². The second-order valence-corrected chi connectivity index (χ2v) is 11.4. The number of ether oxygens (including phenoxy) is 3. The summed E-state index contributed by atoms with van der Waals surface area (Å²) in [5.41, 5.74) is 5.73. The van der Waals surface area contributed by atoms with Gasteiger partial charge >= 0.3 is 6.09 Å². The van der Waals surface area contributed by atoms with Gasteiger partial charge in [-0.2, -0.15) is 0 Å². The van der Waals surface area contributed by atoms with Gasteiger partial charge in [0.2, 0.25) is 5.91 Å². The summed E-state index contributed by atoms with van der Waals surface area (Å²) in [7, 11) is 0. The molecule has 0 spiro atoms. The average Bonchev–Trinajstić information content (AvgIpc) is 3.34. The lowest BCUT2D eigenvalue weighted by atomic mass is 9.98. The molecule has 1 aliphatic carbocycles. The minimum atomic E-state index is -0.757. The lowest BCUT2D eigenvalue weighted by molar-refractivity contribution is -0.160. The molecule has 1 atom stereocenters. The van der Waals surface area contributed by atoms with Crippen molar-refractivity contribution in [1.82, 2.24) is 10.2 Å². The van der Waals surface area contributed by atoms with Gasteiger partial charge in [0.15, 0.2) is 6.29 Å².